The highest BCUT2D eigenvalue weighted by atomic mass is 32.2. The predicted molar refractivity (Wildman–Crippen MR) is 75.2 cm³/mol. The van der Waals surface area contributed by atoms with Crippen LogP contribution in [-0.4, -0.2) is 25.8 Å². The van der Waals surface area contributed by atoms with E-state index >= 15 is 0 Å². The Morgan fingerprint density at radius 3 is 2.35 bits per heavy atom. The molecule has 0 saturated carbocycles. The van der Waals surface area contributed by atoms with Crippen molar-refractivity contribution in [1.29, 1.82) is 0 Å². The van der Waals surface area contributed by atoms with Crippen LogP contribution >= 0.6 is 0 Å². The zero-order valence-corrected chi connectivity index (χ0v) is 11.9. The Hall–Kier alpha value is -1.46. The molecule has 0 aromatic heterocycles. The summed E-state index contributed by atoms with van der Waals surface area (Å²) in [5.74, 6) is -0.428. The van der Waals surface area contributed by atoms with Crippen LogP contribution in [-0.2, 0) is 10.0 Å². The molecule has 1 saturated heterocycles. The van der Waals surface area contributed by atoms with Crippen molar-refractivity contribution in [2.24, 2.45) is 0 Å². The largest absolute Gasteiger partial charge is 0.243 e. The summed E-state index contributed by atoms with van der Waals surface area (Å²) in [6, 6.07) is 5.01. The maximum atomic E-state index is 12.9. The maximum Gasteiger partial charge on any atom is 0.243 e. The molecule has 0 atom stereocenters. The van der Waals surface area contributed by atoms with E-state index in [1.165, 1.54) is 34.1 Å². The summed E-state index contributed by atoms with van der Waals surface area (Å²) in [6.45, 7) is 0.911. The van der Waals surface area contributed by atoms with Gasteiger partial charge in [-0.05, 0) is 54.7 Å². The van der Waals surface area contributed by atoms with E-state index in [1.54, 1.807) is 0 Å². The van der Waals surface area contributed by atoms with Gasteiger partial charge in [0, 0.05) is 13.1 Å². The smallest absolute Gasteiger partial charge is 0.207 e. The van der Waals surface area contributed by atoms with Crippen LogP contribution in [0.2, 0.25) is 0 Å². The van der Waals surface area contributed by atoms with E-state index in [4.69, 9.17) is 0 Å². The first-order valence-corrected chi connectivity index (χ1v) is 8.15. The Balaban J connectivity index is 1.87. The van der Waals surface area contributed by atoms with Gasteiger partial charge in [-0.3, -0.25) is 0 Å². The van der Waals surface area contributed by atoms with E-state index in [0.29, 0.717) is 13.1 Å². The molecule has 0 unspecified atom stereocenters. The molecule has 1 aliphatic carbocycles. The van der Waals surface area contributed by atoms with E-state index in [0.717, 1.165) is 24.8 Å². The van der Waals surface area contributed by atoms with Gasteiger partial charge in [0.25, 0.3) is 0 Å². The molecule has 1 fully saturated rings. The van der Waals surface area contributed by atoms with E-state index < -0.39 is 15.8 Å². The molecule has 0 spiro atoms. The molecule has 3 nitrogen and oxygen atoms in total. The lowest BCUT2D eigenvalue weighted by atomic mass is 9.93. The Bertz CT molecular complexity index is 674. The van der Waals surface area contributed by atoms with Crippen LogP contribution in [0.3, 0.4) is 0 Å². The second-order valence-electron chi connectivity index (χ2n) is 5.08. The normalized spacial score (nSPS) is 20.1. The summed E-state index contributed by atoms with van der Waals surface area (Å²) in [4.78, 5) is 0.155. The molecule has 1 aliphatic heterocycles. The monoisotopic (exact) mass is 293 g/mol. The maximum absolute atomic E-state index is 12.9. The molecule has 1 aromatic carbocycles. The van der Waals surface area contributed by atoms with E-state index in [1.807, 2.05) is 0 Å². The number of benzene rings is 1. The van der Waals surface area contributed by atoms with Crippen LogP contribution < -0.4 is 0 Å². The average molecular weight is 293 g/mol. The van der Waals surface area contributed by atoms with E-state index in [2.05, 4.69) is 12.2 Å². The molecule has 106 valence electrons. The second-order valence-corrected chi connectivity index (χ2v) is 7.02. The standard InChI is InChI=1S/C15H16FNO2S/c16-14-5-7-15(8-6-14)20(18,19)17-10-9-12-3-1-2-4-13(12)11-17/h3-8H,1-2,9-11H2. The molecular weight excluding hydrogens is 277 g/mol. The average Bonchev–Trinajstić information content (AvgIpc) is 2.47. The van der Waals surface area contributed by atoms with Crippen molar-refractivity contribution in [2.45, 2.75) is 24.2 Å². The zero-order valence-electron chi connectivity index (χ0n) is 11.0. The van der Waals surface area contributed by atoms with Crippen molar-refractivity contribution in [1.82, 2.24) is 4.31 Å². The quantitative estimate of drug-likeness (QED) is 0.841. The minimum atomic E-state index is -3.53. The van der Waals surface area contributed by atoms with Gasteiger partial charge in [0.1, 0.15) is 5.82 Å². The first-order chi connectivity index (χ1) is 9.57. The van der Waals surface area contributed by atoms with Gasteiger partial charge >= 0.3 is 0 Å². The Morgan fingerprint density at radius 2 is 1.65 bits per heavy atom. The number of sulfonamides is 1. The summed E-state index contributed by atoms with van der Waals surface area (Å²) in [7, 11) is -3.53. The van der Waals surface area contributed by atoms with Gasteiger partial charge in [-0.25, -0.2) is 12.8 Å². The summed E-state index contributed by atoms with van der Waals surface area (Å²) < 4.78 is 39.5. The molecule has 1 aromatic rings. The number of piperidine rings is 1. The summed E-state index contributed by atoms with van der Waals surface area (Å²) in [5.41, 5.74) is 2.40. The van der Waals surface area contributed by atoms with Crippen LogP contribution in [0, 0.1) is 5.82 Å². The van der Waals surface area contributed by atoms with Crippen molar-refractivity contribution in [3.05, 3.63) is 53.4 Å². The molecule has 0 N–H and O–H groups in total. The lowest BCUT2D eigenvalue weighted by molar-refractivity contribution is 0.419. The molecule has 0 amide bonds. The number of halogens is 1. The van der Waals surface area contributed by atoms with Crippen molar-refractivity contribution < 1.29 is 12.8 Å². The molecular formula is C15H16FNO2S. The lowest BCUT2D eigenvalue weighted by Gasteiger charge is -2.31. The predicted octanol–water partition coefficient (Wildman–Crippen LogP) is 2.87. The molecule has 2 aliphatic rings. The van der Waals surface area contributed by atoms with Crippen molar-refractivity contribution >= 4 is 10.0 Å². The van der Waals surface area contributed by atoms with Gasteiger partial charge < -0.3 is 0 Å². The minimum Gasteiger partial charge on any atom is -0.207 e. The van der Waals surface area contributed by atoms with Crippen LogP contribution in [0.15, 0.2) is 52.5 Å². The zero-order chi connectivity index (χ0) is 14.2. The van der Waals surface area contributed by atoms with Gasteiger partial charge in [-0.15, -0.1) is 0 Å². The topological polar surface area (TPSA) is 37.4 Å². The van der Waals surface area contributed by atoms with Crippen molar-refractivity contribution in [3.63, 3.8) is 0 Å². The molecule has 1 heterocycles. The molecule has 0 radical (unpaired) electrons. The SMILES string of the molecule is O=S(=O)(c1ccc(F)cc1)N1CCC2=CCCC=C2C1. The fourth-order valence-corrected chi connectivity index (χ4v) is 4.10. The van der Waals surface area contributed by atoms with E-state index in [9.17, 15) is 12.8 Å². The minimum absolute atomic E-state index is 0.155. The highest BCUT2D eigenvalue weighted by Crippen LogP contribution is 2.30. The number of hydrogen-bond acceptors (Lipinski definition) is 2. The van der Waals surface area contributed by atoms with Gasteiger partial charge in [-0.2, -0.15) is 4.31 Å². The van der Waals surface area contributed by atoms with E-state index in [-0.39, 0.29) is 4.90 Å². The third kappa shape index (κ3) is 2.43. The van der Waals surface area contributed by atoms with Crippen molar-refractivity contribution in [2.75, 3.05) is 13.1 Å². The third-order valence-corrected chi connectivity index (χ3v) is 5.65. The van der Waals surface area contributed by atoms with Crippen LogP contribution in [0.25, 0.3) is 0 Å². The number of hydrogen-bond donors (Lipinski definition) is 0. The van der Waals surface area contributed by atoms with Crippen LogP contribution in [0.1, 0.15) is 19.3 Å². The number of nitrogens with zero attached hydrogens (tertiary/aromatic N) is 1. The summed E-state index contributed by atoms with van der Waals surface area (Å²) >= 11 is 0. The Morgan fingerprint density at radius 1 is 1.00 bits per heavy atom. The Kier molecular flexibility index (Phi) is 3.48. The van der Waals surface area contributed by atoms with Gasteiger partial charge in [-0.1, -0.05) is 12.2 Å². The lowest BCUT2D eigenvalue weighted by Crippen LogP contribution is -2.37. The molecule has 0 bridgehead atoms. The van der Waals surface area contributed by atoms with Crippen LogP contribution in [0.4, 0.5) is 4.39 Å². The number of rotatable bonds is 2. The molecule has 3 rings (SSSR count). The number of allylic oxidation sites excluding steroid dienone is 2. The summed E-state index contributed by atoms with van der Waals surface area (Å²) in [5, 5.41) is 0. The fraction of sp³-hybridized carbons (Fsp3) is 0.333. The molecule has 5 heteroatoms. The summed E-state index contributed by atoms with van der Waals surface area (Å²) in [6.07, 6.45) is 7.11. The first kappa shape index (κ1) is 13.5. The van der Waals surface area contributed by atoms with Crippen LogP contribution in [0.5, 0.6) is 0 Å². The van der Waals surface area contributed by atoms with Gasteiger partial charge in [0.2, 0.25) is 10.0 Å². The third-order valence-electron chi connectivity index (χ3n) is 3.79. The molecule has 20 heavy (non-hydrogen) atoms. The Labute approximate surface area is 118 Å². The fourth-order valence-electron chi connectivity index (χ4n) is 2.68. The second kappa shape index (κ2) is 5.14. The first-order valence-electron chi connectivity index (χ1n) is 6.71. The van der Waals surface area contributed by atoms with Gasteiger partial charge in [0.05, 0.1) is 4.90 Å². The highest BCUT2D eigenvalue weighted by molar-refractivity contribution is 7.89. The van der Waals surface area contributed by atoms with Gasteiger partial charge in [0.15, 0.2) is 0 Å². The van der Waals surface area contributed by atoms with Crippen molar-refractivity contribution in [3.8, 4) is 0 Å². The number of fused-ring (bicyclic) bond motifs is 1. The highest BCUT2D eigenvalue weighted by Gasteiger charge is 2.29.